The molecule has 0 radical (unpaired) electrons. The molecule has 0 spiro atoms. The van der Waals surface area contributed by atoms with Crippen molar-refractivity contribution in [3.05, 3.63) is 74.1 Å². The number of carbonyl (C=O) groups excluding carboxylic acids is 1. The van der Waals surface area contributed by atoms with Gasteiger partial charge in [0.2, 0.25) is 0 Å². The molecule has 0 heterocycles. The lowest BCUT2D eigenvalue weighted by Crippen LogP contribution is -2.34. The molecule has 0 aliphatic heterocycles. The Balaban J connectivity index is 2.16. The molecular formula is C14H9FN4O5S. The highest BCUT2D eigenvalue weighted by atomic mass is 32.1. The van der Waals surface area contributed by atoms with Crippen LogP contribution < -0.4 is 10.6 Å². The summed E-state index contributed by atoms with van der Waals surface area (Å²) in [6.07, 6.45) is 0. The van der Waals surface area contributed by atoms with Crippen LogP contribution in [0.1, 0.15) is 10.4 Å². The van der Waals surface area contributed by atoms with Crippen molar-refractivity contribution in [2.75, 3.05) is 5.32 Å². The summed E-state index contributed by atoms with van der Waals surface area (Å²) in [7, 11) is 0. The van der Waals surface area contributed by atoms with Crippen molar-refractivity contribution in [2.45, 2.75) is 0 Å². The number of nitro benzene ring substituents is 2. The Morgan fingerprint density at radius 2 is 1.76 bits per heavy atom. The molecule has 9 nitrogen and oxygen atoms in total. The molecule has 0 bridgehead atoms. The molecule has 0 fully saturated rings. The summed E-state index contributed by atoms with van der Waals surface area (Å²) in [5.74, 6) is -1.71. The number of nitrogens with one attached hydrogen (secondary N) is 2. The molecule has 128 valence electrons. The van der Waals surface area contributed by atoms with Gasteiger partial charge in [-0.15, -0.1) is 0 Å². The Hall–Kier alpha value is -3.47. The van der Waals surface area contributed by atoms with Crippen LogP contribution in [0, 0.1) is 26.0 Å². The fourth-order valence-electron chi connectivity index (χ4n) is 1.87. The lowest BCUT2D eigenvalue weighted by molar-refractivity contribution is -0.385. The van der Waals surface area contributed by atoms with E-state index < -0.39 is 27.3 Å². The molecule has 0 aromatic heterocycles. The summed E-state index contributed by atoms with van der Waals surface area (Å²) in [4.78, 5) is 32.2. The number of nitro groups is 2. The van der Waals surface area contributed by atoms with E-state index in [1.54, 1.807) is 0 Å². The zero-order valence-corrected chi connectivity index (χ0v) is 13.1. The van der Waals surface area contributed by atoms with Crippen LogP contribution >= 0.6 is 12.2 Å². The van der Waals surface area contributed by atoms with Crippen molar-refractivity contribution < 1.29 is 19.0 Å². The van der Waals surface area contributed by atoms with Crippen LogP contribution in [0.5, 0.6) is 0 Å². The molecule has 1 amide bonds. The predicted octanol–water partition coefficient (Wildman–Crippen LogP) is 2.77. The SMILES string of the molecule is O=C(NC(=S)Nc1cc([N+](=O)[O-])ccc1F)c1ccccc1[N+](=O)[O-]. The second-order valence-electron chi connectivity index (χ2n) is 4.60. The minimum Gasteiger partial charge on any atom is -0.330 e. The maximum absolute atomic E-state index is 13.7. The van der Waals surface area contributed by atoms with Crippen LogP contribution in [-0.2, 0) is 0 Å². The highest BCUT2D eigenvalue weighted by Crippen LogP contribution is 2.21. The van der Waals surface area contributed by atoms with E-state index in [0.29, 0.717) is 0 Å². The summed E-state index contributed by atoms with van der Waals surface area (Å²) in [6, 6.07) is 7.93. The quantitative estimate of drug-likeness (QED) is 0.485. The highest BCUT2D eigenvalue weighted by molar-refractivity contribution is 7.80. The molecule has 2 aromatic carbocycles. The van der Waals surface area contributed by atoms with Crippen molar-refractivity contribution >= 4 is 40.3 Å². The van der Waals surface area contributed by atoms with Gasteiger partial charge in [0, 0.05) is 18.2 Å². The van der Waals surface area contributed by atoms with E-state index in [1.165, 1.54) is 18.2 Å². The number of hydrogen-bond donors (Lipinski definition) is 2. The van der Waals surface area contributed by atoms with Crippen LogP contribution in [0.2, 0.25) is 0 Å². The van der Waals surface area contributed by atoms with E-state index in [2.05, 4.69) is 10.6 Å². The summed E-state index contributed by atoms with van der Waals surface area (Å²) in [6.45, 7) is 0. The van der Waals surface area contributed by atoms with Crippen molar-refractivity contribution in [1.29, 1.82) is 0 Å². The fourth-order valence-corrected chi connectivity index (χ4v) is 2.07. The van der Waals surface area contributed by atoms with Gasteiger partial charge in [0.1, 0.15) is 11.4 Å². The molecule has 11 heteroatoms. The Morgan fingerprint density at radius 1 is 1.08 bits per heavy atom. The second-order valence-corrected chi connectivity index (χ2v) is 5.01. The van der Waals surface area contributed by atoms with Gasteiger partial charge < -0.3 is 5.32 Å². The largest absolute Gasteiger partial charge is 0.330 e. The van der Waals surface area contributed by atoms with E-state index in [4.69, 9.17) is 12.2 Å². The normalized spacial score (nSPS) is 9.96. The van der Waals surface area contributed by atoms with Crippen molar-refractivity contribution in [3.8, 4) is 0 Å². The molecule has 0 aliphatic carbocycles. The van der Waals surface area contributed by atoms with E-state index in [1.807, 2.05) is 0 Å². The van der Waals surface area contributed by atoms with Crippen molar-refractivity contribution in [2.24, 2.45) is 0 Å². The molecule has 2 rings (SSSR count). The topological polar surface area (TPSA) is 127 Å². The second kappa shape index (κ2) is 7.40. The number of thiocarbonyl (C=S) groups is 1. The molecule has 0 aliphatic rings. The van der Waals surface area contributed by atoms with E-state index >= 15 is 0 Å². The van der Waals surface area contributed by atoms with E-state index in [9.17, 15) is 29.4 Å². The van der Waals surface area contributed by atoms with Gasteiger partial charge >= 0.3 is 0 Å². The monoisotopic (exact) mass is 364 g/mol. The maximum Gasteiger partial charge on any atom is 0.282 e. The van der Waals surface area contributed by atoms with Gasteiger partial charge in [-0.3, -0.25) is 30.3 Å². The summed E-state index contributed by atoms with van der Waals surface area (Å²) < 4.78 is 13.7. The Kier molecular flexibility index (Phi) is 5.29. The number of nitrogens with zero attached hydrogens (tertiary/aromatic N) is 2. The van der Waals surface area contributed by atoms with Gasteiger partial charge in [0.25, 0.3) is 17.3 Å². The lowest BCUT2D eigenvalue weighted by Gasteiger charge is -2.10. The third-order valence-electron chi connectivity index (χ3n) is 2.98. The minimum atomic E-state index is -0.879. The average Bonchev–Trinajstić information content (AvgIpc) is 2.56. The maximum atomic E-state index is 13.7. The average molecular weight is 364 g/mol. The third-order valence-corrected chi connectivity index (χ3v) is 3.19. The molecule has 0 saturated heterocycles. The van der Waals surface area contributed by atoms with Crippen LogP contribution in [0.4, 0.5) is 21.5 Å². The zero-order valence-electron chi connectivity index (χ0n) is 12.3. The smallest absolute Gasteiger partial charge is 0.282 e. The van der Waals surface area contributed by atoms with Crippen LogP contribution in [0.3, 0.4) is 0 Å². The Bertz CT molecular complexity index is 889. The van der Waals surface area contributed by atoms with Gasteiger partial charge in [-0.1, -0.05) is 12.1 Å². The number of carbonyl (C=O) groups is 1. The third kappa shape index (κ3) is 4.29. The predicted molar refractivity (Wildman–Crippen MR) is 89.8 cm³/mol. The van der Waals surface area contributed by atoms with Crippen molar-refractivity contribution in [1.82, 2.24) is 5.32 Å². The Labute approximate surface area is 144 Å². The number of amides is 1. The van der Waals surface area contributed by atoms with Gasteiger partial charge in [-0.2, -0.15) is 0 Å². The number of hydrogen-bond acceptors (Lipinski definition) is 6. The molecule has 25 heavy (non-hydrogen) atoms. The first-order valence-electron chi connectivity index (χ1n) is 6.59. The fraction of sp³-hybridized carbons (Fsp3) is 0. The van der Waals surface area contributed by atoms with Gasteiger partial charge in [-0.25, -0.2) is 4.39 Å². The molecular weight excluding hydrogens is 355 g/mol. The summed E-state index contributed by atoms with van der Waals surface area (Å²) >= 11 is 4.84. The summed E-state index contributed by atoms with van der Waals surface area (Å²) in [5.41, 5.74) is -1.36. The molecule has 2 N–H and O–H groups in total. The number of anilines is 1. The molecule has 0 saturated carbocycles. The first-order valence-corrected chi connectivity index (χ1v) is 7.00. The van der Waals surface area contributed by atoms with Gasteiger partial charge in [0.05, 0.1) is 15.5 Å². The number of rotatable bonds is 4. The molecule has 0 atom stereocenters. The van der Waals surface area contributed by atoms with Crippen LogP contribution in [0.25, 0.3) is 0 Å². The van der Waals surface area contributed by atoms with Gasteiger partial charge in [0.15, 0.2) is 5.11 Å². The number of benzene rings is 2. The van der Waals surface area contributed by atoms with Crippen molar-refractivity contribution in [3.63, 3.8) is 0 Å². The molecule has 0 unspecified atom stereocenters. The Morgan fingerprint density at radius 3 is 2.40 bits per heavy atom. The number of halogens is 1. The number of non-ortho nitro benzene ring substituents is 1. The number of para-hydroxylation sites is 1. The standard InChI is InChI=1S/C14H9FN4O5S/c15-10-6-5-8(18(21)22)7-11(10)16-14(25)17-13(20)9-3-1-2-4-12(9)19(23)24/h1-7H,(H2,16,17,20,25). The first kappa shape index (κ1) is 17.9. The lowest BCUT2D eigenvalue weighted by atomic mass is 10.1. The van der Waals surface area contributed by atoms with E-state index in [0.717, 1.165) is 24.3 Å². The van der Waals surface area contributed by atoms with E-state index in [-0.39, 0.29) is 22.1 Å². The zero-order chi connectivity index (χ0) is 18.6. The minimum absolute atomic E-state index is 0.240. The van der Waals surface area contributed by atoms with Crippen LogP contribution in [0.15, 0.2) is 42.5 Å². The molecule has 2 aromatic rings. The van der Waals surface area contributed by atoms with Gasteiger partial charge in [-0.05, 0) is 24.4 Å². The first-order chi connectivity index (χ1) is 11.8. The highest BCUT2D eigenvalue weighted by Gasteiger charge is 2.20. The summed E-state index contributed by atoms with van der Waals surface area (Å²) in [5, 5.41) is 25.7. The van der Waals surface area contributed by atoms with Crippen LogP contribution in [-0.4, -0.2) is 20.9 Å².